The van der Waals surface area contributed by atoms with E-state index in [1.807, 2.05) is 13.0 Å². The molecule has 0 aliphatic heterocycles. The zero-order valence-electron chi connectivity index (χ0n) is 13.0. The molecular weight excluding hydrogens is 332 g/mol. The van der Waals surface area contributed by atoms with Crippen molar-refractivity contribution in [1.29, 1.82) is 0 Å². The average molecular weight is 349 g/mol. The Morgan fingerprint density at radius 3 is 2.38 bits per heavy atom. The van der Waals surface area contributed by atoms with E-state index >= 15 is 0 Å². The van der Waals surface area contributed by atoms with Crippen molar-refractivity contribution in [2.24, 2.45) is 5.73 Å². The monoisotopic (exact) mass is 348 g/mol. The van der Waals surface area contributed by atoms with Crippen molar-refractivity contribution >= 4 is 29.1 Å². The number of nitrogens with two attached hydrogens (primary N) is 1. The highest BCUT2D eigenvalue weighted by molar-refractivity contribution is 6.34. The number of carbonyl (C=O) groups excluding carboxylic acids is 2. The van der Waals surface area contributed by atoms with Gasteiger partial charge < -0.3 is 20.5 Å². The van der Waals surface area contributed by atoms with Crippen molar-refractivity contribution in [3.63, 3.8) is 0 Å². The second kappa shape index (κ2) is 8.21. The van der Waals surface area contributed by atoms with Crippen LogP contribution in [-0.2, 0) is 4.79 Å². The Kier molecular flexibility index (Phi) is 6.03. The van der Waals surface area contributed by atoms with Gasteiger partial charge in [-0.2, -0.15) is 0 Å². The molecule has 6 nitrogen and oxygen atoms in total. The van der Waals surface area contributed by atoms with E-state index in [1.165, 1.54) is 18.2 Å². The van der Waals surface area contributed by atoms with Crippen LogP contribution in [-0.4, -0.2) is 25.0 Å². The van der Waals surface area contributed by atoms with Gasteiger partial charge in [-0.3, -0.25) is 9.59 Å². The molecule has 0 atom stereocenters. The molecule has 0 bridgehead atoms. The molecule has 0 aliphatic rings. The lowest BCUT2D eigenvalue weighted by Crippen LogP contribution is -2.20. The van der Waals surface area contributed by atoms with E-state index in [0.717, 1.165) is 0 Å². The minimum absolute atomic E-state index is 0.169. The van der Waals surface area contributed by atoms with E-state index in [1.54, 1.807) is 18.2 Å². The summed E-state index contributed by atoms with van der Waals surface area (Å²) in [6.07, 6.45) is 0. The molecule has 0 saturated heterocycles. The summed E-state index contributed by atoms with van der Waals surface area (Å²) in [5.41, 5.74) is 5.81. The van der Waals surface area contributed by atoms with Crippen molar-refractivity contribution < 1.29 is 19.1 Å². The molecule has 0 aliphatic carbocycles. The van der Waals surface area contributed by atoms with Gasteiger partial charge in [0.1, 0.15) is 0 Å². The smallest absolute Gasteiger partial charge is 0.262 e. The Balaban J connectivity index is 1.97. The van der Waals surface area contributed by atoms with Crippen LogP contribution in [0.5, 0.6) is 11.5 Å². The van der Waals surface area contributed by atoms with E-state index in [2.05, 4.69) is 5.32 Å². The van der Waals surface area contributed by atoms with Crippen LogP contribution in [0.15, 0.2) is 42.5 Å². The number of amides is 2. The highest BCUT2D eigenvalue weighted by Crippen LogP contribution is 2.26. The molecule has 0 saturated carbocycles. The average Bonchev–Trinajstić information content (AvgIpc) is 2.54. The zero-order chi connectivity index (χ0) is 17.5. The lowest BCUT2D eigenvalue weighted by molar-refractivity contribution is -0.118. The first-order valence-electron chi connectivity index (χ1n) is 7.25. The maximum Gasteiger partial charge on any atom is 0.262 e. The number of rotatable bonds is 7. The van der Waals surface area contributed by atoms with Gasteiger partial charge in [-0.1, -0.05) is 23.7 Å². The number of nitrogens with one attached hydrogen (secondary N) is 1. The molecule has 0 aromatic heterocycles. The zero-order valence-corrected chi connectivity index (χ0v) is 13.8. The van der Waals surface area contributed by atoms with Crippen LogP contribution in [0.1, 0.15) is 17.3 Å². The maximum atomic E-state index is 12.0. The van der Waals surface area contributed by atoms with E-state index < -0.39 is 5.91 Å². The number of para-hydroxylation sites is 2. The molecule has 2 aromatic carbocycles. The molecule has 2 rings (SSSR count). The van der Waals surface area contributed by atoms with Gasteiger partial charge in [0.15, 0.2) is 18.1 Å². The third-order valence-corrected chi connectivity index (χ3v) is 3.34. The third-order valence-electron chi connectivity index (χ3n) is 3.03. The quantitative estimate of drug-likeness (QED) is 0.805. The van der Waals surface area contributed by atoms with E-state index in [0.29, 0.717) is 23.8 Å². The summed E-state index contributed by atoms with van der Waals surface area (Å²) in [7, 11) is 0. The summed E-state index contributed by atoms with van der Waals surface area (Å²) in [6.45, 7) is 2.17. The normalized spacial score (nSPS) is 10.1. The predicted molar refractivity (Wildman–Crippen MR) is 91.7 cm³/mol. The molecule has 0 spiro atoms. The van der Waals surface area contributed by atoms with E-state index in [9.17, 15) is 9.59 Å². The Bertz CT molecular complexity index is 749. The molecule has 2 amide bonds. The molecule has 126 valence electrons. The van der Waals surface area contributed by atoms with Crippen LogP contribution in [0.2, 0.25) is 5.02 Å². The first-order chi connectivity index (χ1) is 11.5. The third kappa shape index (κ3) is 4.63. The number of primary amides is 1. The molecule has 0 fully saturated rings. The number of anilines is 1. The van der Waals surface area contributed by atoms with Crippen LogP contribution in [0, 0.1) is 0 Å². The number of benzene rings is 2. The molecule has 3 N–H and O–H groups in total. The second-order valence-corrected chi connectivity index (χ2v) is 5.18. The van der Waals surface area contributed by atoms with Gasteiger partial charge in [0.25, 0.3) is 5.91 Å². The van der Waals surface area contributed by atoms with Crippen LogP contribution >= 0.6 is 11.6 Å². The molecule has 0 radical (unpaired) electrons. The lowest BCUT2D eigenvalue weighted by Gasteiger charge is -2.12. The second-order valence-electron chi connectivity index (χ2n) is 4.78. The standard InChI is InChI=1S/C17H17ClN2O4/c1-2-23-14-5-3-4-6-15(14)24-10-16(21)20-11-7-8-12(17(19)22)13(18)9-11/h3-9H,2,10H2,1H3,(H2,19,22)(H,20,21). The summed E-state index contributed by atoms with van der Waals surface area (Å²) in [6, 6.07) is 11.5. The highest BCUT2D eigenvalue weighted by atomic mass is 35.5. The van der Waals surface area contributed by atoms with Crippen molar-refractivity contribution in [3.8, 4) is 11.5 Å². The summed E-state index contributed by atoms with van der Waals surface area (Å²) < 4.78 is 10.9. The summed E-state index contributed by atoms with van der Waals surface area (Å²) in [5, 5.41) is 2.80. The number of carbonyl (C=O) groups is 2. The first-order valence-corrected chi connectivity index (χ1v) is 7.63. The van der Waals surface area contributed by atoms with Crippen molar-refractivity contribution in [1.82, 2.24) is 0 Å². The van der Waals surface area contributed by atoms with Gasteiger partial charge in [0.05, 0.1) is 17.2 Å². The fourth-order valence-corrected chi connectivity index (χ4v) is 2.25. The summed E-state index contributed by atoms with van der Waals surface area (Å²) in [5.74, 6) is 0.0520. The van der Waals surface area contributed by atoms with Crippen LogP contribution in [0.3, 0.4) is 0 Å². The van der Waals surface area contributed by atoms with Gasteiger partial charge in [-0.05, 0) is 37.3 Å². The fourth-order valence-electron chi connectivity index (χ4n) is 1.98. The topological polar surface area (TPSA) is 90.7 Å². The van der Waals surface area contributed by atoms with Crippen LogP contribution in [0.4, 0.5) is 5.69 Å². The van der Waals surface area contributed by atoms with Gasteiger partial charge in [0, 0.05) is 5.69 Å². The van der Waals surface area contributed by atoms with Crippen LogP contribution in [0.25, 0.3) is 0 Å². The highest BCUT2D eigenvalue weighted by Gasteiger charge is 2.10. The van der Waals surface area contributed by atoms with Crippen molar-refractivity contribution in [2.75, 3.05) is 18.5 Å². The predicted octanol–water partition coefficient (Wildman–Crippen LogP) is 2.86. The maximum absolute atomic E-state index is 12.0. The SMILES string of the molecule is CCOc1ccccc1OCC(=O)Nc1ccc(C(N)=O)c(Cl)c1. The van der Waals surface area contributed by atoms with Crippen molar-refractivity contribution in [2.45, 2.75) is 6.92 Å². The molecule has 7 heteroatoms. The van der Waals surface area contributed by atoms with E-state index in [4.69, 9.17) is 26.8 Å². The Labute approximate surface area is 144 Å². The molecule has 0 unspecified atom stereocenters. The Morgan fingerprint density at radius 2 is 1.79 bits per heavy atom. The van der Waals surface area contributed by atoms with Gasteiger partial charge in [0.2, 0.25) is 5.91 Å². The number of hydrogen-bond acceptors (Lipinski definition) is 4. The van der Waals surface area contributed by atoms with Crippen LogP contribution < -0.4 is 20.5 Å². The largest absolute Gasteiger partial charge is 0.490 e. The molecular formula is C17H17ClN2O4. The van der Waals surface area contributed by atoms with Gasteiger partial charge in [-0.15, -0.1) is 0 Å². The number of halogens is 1. The Morgan fingerprint density at radius 1 is 1.12 bits per heavy atom. The van der Waals surface area contributed by atoms with Crippen molar-refractivity contribution in [3.05, 3.63) is 53.1 Å². The van der Waals surface area contributed by atoms with Gasteiger partial charge >= 0.3 is 0 Å². The lowest BCUT2D eigenvalue weighted by atomic mass is 10.2. The molecule has 24 heavy (non-hydrogen) atoms. The Hall–Kier alpha value is -2.73. The van der Waals surface area contributed by atoms with Gasteiger partial charge in [-0.25, -0.2) is 0 Å². The summed E-state index contributed by atoms with van der Waals surface area (Å²) in [4.78, 5) is 23.1. The minimum atomic E-state index is -0.631. The fraction of sp³-hybridized carbons (Fsp3) is 0.176. The number of hydrogen-bond donors (Lipinski definition) is 2. The summed E-state index contributed by atoms with van der Waals surface area (Å²) >= 11 is 5.94. The molecule has 0 heterocycles. The molecule has 2 aromatic rings. The van der Waals surface area contributed by atoms with E-state index in [-0.39, 0.29) is 23.1 Å². The minimum Gasteiger partial charge on any atom is -0.490 e. The number of ether oxygens (including phenoxy) is 2. The first kappa shape index (κ1) is 17.6.